The monoisotopic (exact) mass is 375 g/mol. The second-order valence-corrected chi connectivity index (χ2v) is 5.26. The molecule has 0 amide bonds. The Hall–Kier alpha value is -3.86. The number of nitrogens with zero attached hydrogens (tertiary/aromatic N) is 3. The Morgan fingerprint density at radius 2 is 1.96 bits per heavy atom. The summed E-state index contributed by atoms with van der Waals surface area (Å²) in [5.74, 6) is 5.75. The lowest BCUT2D eigenvalue weighted by Crippen LogP contribution is -2.31. The highest BCUT2D eigenvalue weighted by atomic mass is 16.7. The summed E-state index contributed by atoms with van der Waals surface area (Å²) in [7, 11) is 1.49. The van der Waals surface area contributed by atoms with Crippen molar-refractivity contribution < 1.29 is 24.3 Å². The van der Waals surface area contributed by atoms with Gasteiger partial charge in [0.1, 0.15) is 18.1 Å². The van der Waals surface area contributed by atoms with Crippen molar-refractivity contribution in [2.24, 2.45) is 11.6 Å². The Morgan fingerprint density at radius 3 is 2.48 bits per heavy atom. The van der Waals surface area contributed by atoms with Crippen molar-refractivity contribution >= 4 is 17.5 Å². The third-order valence-corrected chi connectivity index (χ3v) is 3.34. The summed E-state index contributed by atoms with van der Waals surface area (Å²) < 4.78 is 9.91. The standard InChI is InChI=1S/C16H17N5O6/c1-20(18)14(15(17)13-7-4-11(22)8-19-13)9-26-16(23)27-12-5-2-10(3-6-12)21(24)25/h2-8,22H,9,17-18H2,1H3/b15-14-. The van der Waals surface area contributed by atoms with Gasteiger partial charge in [0.15, 0.2) is 0 Å². The Morgan fingerprint density at radius 1 is 1.30 bits per heavy atom. The van der Waals surface area contributed by atoms with E-state index in [0.29, 0.717) is 5.69 Å². The highest BCUT2D eigenvalue weighted by Crippen LogP contribution is 2.19. The number of hydrogen-bond acceptors (Lipinski definition) is 10. The molecule has 1 aromatic carbocycles. The molecule has 0 saturated heterocycles. The lowest BCUT2D eigenvalue weighted by atomic mass is 10.2. The minimum absolute atomic E-state index is 0.0304. The molecule has 2 rings (SSSR count). The van der Waals surface area contributed by atoms with E-state index in [2.05, 4.69) is 4.98 Å². The number of rotatable bonds is 6. The fourth-order valence-corrected chi connectivity index (χ4v) is 1.95. The first-order valence-corrected chi connectivity index (χ1v) is 7.49. The van der Waals surface area contributed by atoms with Gasteiger partial charge < -0.3 is 25.3 Å². The van der Waals surface area contributed by atoms with E-state index in [-0.39, 0.29) is 35.2 Å². The van der Waals surface area contributed by atoms with Crippen LogP contribution in [-0.4, -0.2) is 39.8 Å². The first-order chi connectivity index (χ1) is 12.8. The molecule has 0 spiro atoms. The third kappa shape index (κ3) is 5.31. The number of benzene rings is 1. The number of pyridine rings is 1. The van der Waals surface area contributed by atoms with Gasteiger partial charge >= 0.3 is 6.16 Å². The van der Waals surface area contributed by atoms with Gasteiger partial charge in [-0.3, -0.25) is 15.1 Å². The van der Waals surface area contributed by atoms with Gasteiger partial charge in [0.05, 0.1) is 28.2 Å². The van der Waals surface area contributed by atoms with Gasteiger partial charge in [-0.15, -0.1) is 0 Å². The molecule has 11 nitrogen and oxygen atoms in total. The average molecular weight is 375 g/mol. The van der Waals surface area contributed by atoms with Crippen molar-refractivity contribution in [2.45, 2.75) is 0 Å². The first-order valence-electron chi connectivity index (χ1n) is 7.49. The topological polar surface area (TPSA) is 167 Å². The van der Waals surface area contributed by atoms with Crippen molar-refractivity contribution in [1.82, 2.24) is 9.99 Å². The molecule has 27 heavy (non-hydrogen) atoms. The van der Waals surface area contributed by atoms with Gasteiger partial charge in [0.25, 0.3) is 5.69 Å². The van der Waals surface area contributed by atoms with E-state index in [0.717, 1.165) is 5.01 Å². The summed E-state index contributed by atoms with van der Waals surface area (Å²) >= 11 is 0. The summed E-state index contributed by atoms with van der Waals surface area (Å²) in [6, 6.07) is 7.78. The number of nitro groups is 1. The van der Waals surface area contributed by atoms with Gasteiger partial charge in [-0.2, -0.15) is 0 Å². The van der Waals surface area contributed by atoms with Crippen LogP contribution in [0.1, 0.15) is 5.69 Å². The van der Waals surface area contributed by atoms with E-state index in [1.165, 1.54) is 49.6 Å². The van der Waals surface area contributed by atoms with Crippen molar-refractivity contribution in [3.05, 3.63) is 64.1 Å². The lowest BCUT2D eigenvalue weighted by Gasteiger charge is -2.19. The zero-order valence-electron chi connectivity index (χ0n) is 14.2. The molecule has 5 N–H and O–H groups in total. The molecule has 0 aliphatic heterocycles. The maximum absolute atomic E-state index is 11.8. The Bertz CT molecular complexity index is 849. The van der Waals surface area contributed by atoms with E-state index in [9.17, 15) is 20.0 Å². The van der Waals surface area contributed by atoms with Gasteiger partial charge in [-0.1, -0.05) is 0 Å². The molecule has 1 heterocycles. The lowest BCUT2D eigenvalue weighted by molar-refractivity contribution is -0.384. The van der Waals surface area contributed by atoms with Crippen LogP contribution >= 0.6 is 0 Å². The molecule has 0 fully saturated rings. The smallest absolute Gasteiger partial charge is 0.506 e. The van der Waals surface area contributed by atoms with Crippen molar-refractivity contribution in [2.75, 3.05) is 13.7 Å². The number of nitrogens with two attached hydrogens (primary N) is 2. The number of aromatic hydroxyl groups is 1. The Kier molecular flexibility index (Phi) is 6.12. The van der Waals surface area contributed by atoms with Crippen LogP contribution in [0.25, 0.3) is 5.70 Å². The fourth-order valence-electron chi connectivity index (χ4n) is 1.95. The molecule has 0 saturated carbocycles. The maximum atomic E-state index is 11.8. The minimum Gasteiger partial charge on any atom is -0.506 e. The fraction of sp³-hybridized carbons (Fsp3) is 0.125. The van der Waals surface area contributed by atoms with E-state index in [4.69, 9.17) is 21.1 Å². The van der Waals surface area contributed by atoms with Crippen LogP contribution in [0, 0.1) is 10.1 Å². The van der Waals surface area contributed by atoms with Crippen LogP contribution in [0.15, 0.2) is 48.3 Å². The van der Waals surface area contributed by atoms with Crippen molar-refractivity contribution in [3.63, 3.8) is 0 Å². The second kappa shape index (κ2) is 8.49. The number of likely N-dealkylation sites (N-methyl/N-ethyl adjacent to an activating group) is 1. The summed E-state index contributed by atoms with van der Waals surface area (Å²) in [6.45, 7) is -0.312. The quantitative estimate of drug-likeness (QED) is 0.220. The number of nitro benzene ring substituents is 1. The number of ether oxygens (including phenoxy) is 2. The SMILES string of the molecule is CN(N)/C(COC(=O)Oc1ccc([N+](=O)[O-])cc1)=C(\N)c1ccc(O)cn1. The third-order valence-electron chi connectivity index (χ3n) is 3.34. The van der Waals surface area contributed by atoms with Gasteiger partial charge in [0.2, 0.25) is 0 Å². The summed E-state index contributed by atoms with van der Waals surface area (Å²) in [5, 5.41) is 21.0. The van der Waals surface area contributed by atoms with Crippen LogP contribution < -0.4 is 16.3 Å². The molecular weight excluding hydrogens is 358 g/mol. The van der Waals surface area contributed by atoms with Crippen LogP contribution in [0.5, 0.6) is 11.5 Å². The largest absolute Gasteiger partial charge is 0.514 e. The predicted molar refractivity (Wildman–Crippen MR) is 94.0 cm³/mol. The molecule has 0 unspecified atom stereocenters. The first kappa shape index (κ1) is 19.5. The molecule has 0 aliphatic carbocycles. The van der Waals surface area contributed by atoms with Crippen LogP contribution in [-0.2, 0) is 4.74 Å². The van der Waals surface area contributed by atoms with Gasteiger partial charge in [0, 0.05) is 19.2 Å². The zero-order valence-corrected chi connectivity index (χ0v) is 14.2. The van der Waals surface area contributed by atoms with Crippen LogP contribution in [0.2, 0.25) is 0 Å². The van der Waals surface area contributed by atoms with Gasteiger partial charge in [-0.25, -0.2) is 10.6 Å². The van der Waals surface area contributed by atoms with E-state index >= 15 is 0 Å². The molecule has 11 heteroatoms. The summed E-state index contributed by atoms with van der Waals surface area (Å²) in [4.78, 5) is 25.8. The highest BCUT2D eigenvalue weighted by molar-refractivity contribution is 5.66. The summed E-state index contributed by atoms with van der Waals surface area (Å²) in [5.41, 5.74) is 6.57. The molecular formula is C16H17N5O6. The molecule has 2 aromatic rings. The summed E-state index contributed by atoms with van der Waals surface area (Å²) in [6.07, 6.45) is 0.162. The Labute approximate surface area is 153 Å². The van der Waals surface area contributed by atoms with Crippen LogP contribution in [0.3, 0.4) is 0 Å². The zero-order chi connectivity index (χ0) is 20.0. The van der Waals surface area contributed by atoms with Crippen molar-refractivity contribution in [3.8, 4) is 11.5 Å². The van der Waals surface area contributed by atoms with E-state index in [1.807, 2.05) is 0 Å². The molecule has 142 valence electrons. The molecule has 0 aliphatic rings. The molecule has 1 aromatic heterocycles. The number of carbonyl (C=O) groups is 1. The molecule has 0 atom stereocenters. The molecule has 0 radical (unpaired) electrons. The maximum Gasteiger partial charge on any atom is 0.514 e. The van der Waals surface area contributed by atoms with Crippen molar-refractivity contribution in [1.29, 1.82) is 0 Å². The normalized spacial score (nSPS) is 11.3. The average Bonchev–Trinajstić information content (AvgIpc) is 2.62. The molecule has 0 bridgehead atoms. The minimum atomic E-state index is -1.05. The van der Waals surface area contributed by atoms with Crippen LogP contribution in [0.4, 0.5) is 10.5 Å². The second-order valence-electron chi connectivity index (χ2n) is 5.26. The van der Waals surface area contributed by atoms with E-state index < -0.39 is 11.1 Å². The number of hydrogen-bond donors (Lipinski definition) is 3. The predicted octanol–water partition coefficient (Wildman–Crippen LogP) is 1.34. The Balaban J connectivity index is 2.04. The van der Waals surface area contributed by atoms with E-state index in [1.54, 1.807) is 0 Å². The number of aromatic nitrogens is 1. The number of hydrazine groups is 1. The number of non-ortho nitro benzene ring substituents is 1. The van der Waals surface area contributed by atoms with Gasteiger partial charge in [-0.05, 0) is 24.3 Å². The highest BCUT2D eigenvalue weighted by Gasteiger charge is 2.15. The number of carbonyl (C=O) groups excluding carboxylic acids is 1.